The van der Waals surface area contributed by atoms with Gasteiger partial charge in [0.05, 0.1) is 19.9 Å². The molecular weight excluding hydrogens is 228 g/mol. The van der Waals surface area contributed by atoms with Gasteiger partial charge in [0.25, 0.3) is 0 Å². The number of benzene rings is 1. The molecule has 0 spiro atoms. The largest absolute Gasteiger partial charge is 0.497 e. The highest BCUT2D eigenvalue weighted by Crippen LogP contribution is 2.25. The second-order valence-electron chi connectivity index (χ2n) is 4.22. The van der Waals surface area contributed by atoms with E-state index in [1.165, 1.54) is 0 Å². The summed E-state index contributed by atoms with van der Waals surface area (Å²) in [5.41, 5.74) is 3.29. The fraction of sp³-hybridized carbons (Fsp3) is 0.357. The van der Waals surface area contributed by atoms with Gasteiger partial charge >= 0.3 is 0 Å². The molecule has 0 aliphatic heterocycles. The number of hydrogen-bond acceptors (Lipinski definition) is 3. The van der Waals surface area contributed by atoms with E-state index in [-0.39, 0.29) is 0 Å². The third kappa shape index (κ3) is 2.83. The van der Waals surface area contributed by atoms with E-state index in [1.54, 1.807) is 14.2 Å². The summed E-state index contributed by atoms with van der Waals surface area (Å²) in [6.07, 6.45) is 1.76. The highest BCUT2D eigenvalue weighted by Gasteiger charge is 2.06. The van der Waals surface area contributed by atoms with Crippen LogP contribution < -0.4 is 9.47 Å². The summed E-state index contributed by atoms with van der Waals surface area (Å²) in [4.78, 5) is 0. The molecule has 0 atom stereocenters. The molecule has 0 radical (unpaired) electrons. The van der Waals surface area contributed by atoms with Gasteiger partial charge in [0.15, 0.2) is 0 Å². The molecule has 0 amide bonds. The molecule has 0 aliphatic rings. The number of aryl methyl sites for hydroxylation is 3. The van der Waals surface area contributed by atoms with Crippen molar-refractivity contribution >= 4 is 0 Å². The van der Waals surface area contributed by atoms with Crippen LogP contribution >= 0.6 is 0 Å². The fourth-order valence-electron chi connectivity index (χ4n) is 1.94. The first-order chi connectivity index (χ1) is 8.72. The summed E-state index contributed by atoms with van der Waals surface area (Å²) >= 11 is 0. The first-order valence-corrected chi connectivity index (χ1v) is 5.94. The number of methoxy groups -OCH3 is 2. The SMILES string of the molecule is COc1ccc(OC)c(CCc2cc(C)[nH]n2)c1. The minimum atomic E-state index is 0.851. The van der Waals surface area contributed by atoms with Crippen molar-refractivity contribution < 1.29 is 9.47 Å². The summed E-state index contributed by atoms with van der Waals surface area (Å²) in [6.45, 7) is 2.00. The zero-order chi connectivity index (χ0) is 13.0. The smallest absolute Gasteiger partial charge is 0.122 e. The average molecular weight is 246 g/mol. The van der Waals surface area contributed by atoms with Crippen LogP contribution in [-0.4, -0.2) is 24.4 Å². The quantitative estimate of drug-likeness (QED) is 0.881. The third-order valence-corrected chi connectivity index (χ3v) is 2.90. The minimum Gasteiger partial charge on any atom is -0.497 e. The number of aromatic amines is 1. The van der Waals surface area contributed by atoms with Crippen LogP contribution in [0, 0.1) is 6.92 Å². The zero-order valence-corrected chi connectivity index (χ0v) is 11.0. The Morgan fingerprint density at radius 1 is 1.11 bits per heavy atom. The standard InChI is InChI=1S/C14H18N2O2/c1-10-8-12(16-15-10)5-4-11-9-13(17-2)6-7-14(11)18-3/h6-9H,4-5H2,1-3H3,(H,15,16). The molecule has 0 bridgehead atoms. The number of nitrogens with one attached hydrogen (secondary N) is 1. The molecule has 0 fully saturated rings. The van der Waals surface area contributed by atoms with Gasteiger partial charge in [-0.3, -0.25) is 5.10 Å². The van der Waals surface area contributed by atoms with Crippen LogP contribution in [0.2, 0.25) is 0 Å². The first kappa shape index (κ1) is 12.5. The maximum absolute atomic E-state index is 5.35. The molecule has 4 heteroatoms. The van der Waals surface area contributed by atoms with Crippen LogP contribution in [0.1, 0.15) is 17.0 Å². The lowest BCUT2D eigenvalue weighted by Crippen LogP contribution is -1.97. The highest BCUT2D eigenvalue weighted by molar-refractivity contribution is 5.40. The predicted octanol–water partition coefficient (Wildman–Crippen LogP) is 2.52. The van der Waals surface area contributed by atoms with E-state index in [9.17, 15) is 0 Å². The second kappa shape index (κ2) is 5.58. The van der Waals surface area contributed by atoms with Crippen LogP contribution in [0.3, 0.4) is 0 Å². The minimum absolute atomic E-state index is 0.851. The second-order valence-corrected chi connectivity index (χ2v) is 4.22. The van der Waals surface area contributed by atoms with Crippen molar-refractivity contribution in [2.45, 2.75) is 19.8 Å². The number of hydrogen-bond donors (Lipinski definition) is 1. The van der Waals surface area contributed by atoms with E-state index in [4.69, 9.17) is 9.47 Å². The molecule has 0 saturated heterocycles. The number of ether oxygens (including phenoxy) is 2. The molecule has 1 heterocycles. The van der Waals surface area contributed by atoms with Gasteiger partial charge in [0.1, 0.15) is 11.5 Å². The van der Waals surface area contributed by atoms with Gasteiger partial charge in [-0.2, -0.15) is 5.10 Å². The lowest BCUT2D eigenvalue weighted by molar-refractivity contribution is 0.398. The summed E-state index contributed by atoms with van der Waals surface area (Å²) in [5, 5.41) is 7.18. The monoisotopic (exact) mass is 246 g/mol. The zero-order valence-electron chi connectivity index (χ0n) is 11.0. The molecule has 18 heavy (non-hydrogen) atoms. The van der Waals surface area contributed by atoms with Gasteiger partial charge in [0, 0.05) is 5.69 Å². The van der Waals surface area contributed by atoms with Gasteiger partial charge in [-0.1, -0.05) is 0 Å². The van der Waals surface area contributed by atoms with Crippen LogP contribution in [0.4, 0.5) is 0 Å². The molecule has 4 nitrogen and oxygen atoms in total. The van der Waals surface area contributed by atoms with Gasteiger partial charge < -0.3 is 9.47 Å². The molecule has 0 unspecified atom stereocenters. The maximum Gasteiger partial charge on any atom is 0.122 e. The lowest BCUT2D eigenvalue weighted by atomic mass is 10.1. The van der Waals surface area contributed by atoms with E-state index in [1.807, 2.05) is 25.1 Å². The summed E-state index contributed by atoms with van der Waals surface area (Å²) in [6, 6.07) is 7.91. The van der Waals surface area contributed by atoms with Gasteiger partial charge in [-0.15, -0.1) is 0 Å². The van der Waals surface area contributed by atoms with Gasteiger partial charge in [0.2, 0.25) is 0 Å². The summed E-state index contributed by atoms with van der Waals surface area (Å²) in [5.74, 6) is 1.74. The lowest BCUT2D eigenvalue weighted by Gasteiger charge is -2.09. The first-order valence-electron chi connectivity index (χ1n) is 5.94. The molecule has 2 aromatic rings. The van der Waals surface area contributed by atoms with Crippen LogP contribution in [0.15, 0.2) is 24.3 Å². The molecular formula is C14H18N2O2. The predicted molar refractivity (Wildman–Crippen MR) is 70.3 cm³/mol. The van der Waals surface area contributed by atoms with Crippen LogP contribution in [-0.2, 0) is 12.8 Å². The van der Waals surface area contributed by atoms with Crippen molar-refractivity contribution in [3.8, 4) is 11.5 Å². The van der Waals surface area contributed by atoms with E-state index in [0.29, 0.717) is 0 Å². The van der Waals surface area contributed by atoms with Crippen molar-refractivity contribution in [1.82, 2.24) is 10.2 Å². The third-order valence-electron chi connectivity index (χ3n) is 2.90. The fourth-order valence-corrected chi connectivity index (χ4v) is 1.94. The molecule has 2 rings (SSSR count). The molecule has 0 aliphatic carbocycles. The van der Waals surface area contributed by atoms with Crippen molar-refractivity contribution in [2.24, 2.45) is 0 Å². The van der Waals surface area contributed by atoms with Crippen LogP contribution in [0.5, 0.6) is 11.5 Å². The number of rotatable bonds is 5. The normalized spacial score (nSPS) is 10.4. The van der Waals surface area contributed by atoms with Crippen molar-refractivity contribution in [3.63, 3.8) is 0 Å². The Morgan fingerprint density at radius 3 is 2.56 bits per heavy atom. The van der Waals surface area contributed by atoms with E-state index in [0.717, 1.165) is 41.3 Å². The van der Waals surface area contributed by atoms with E-state index >= 15 is 0 Å². The van der Waals surface area contributed by atoms with Gasteiger partial charge in [-0.25, -0.2) is 0 Å². The molecule has 0 saturated carbocycles. The Hall–Kier alpha value is -1.97. The number of H-pyrrole nitrogens is 1. The Bertz CT molecular complexity index is 520. The Kier molecular flexibility index (Phi) is 3.87. The average Bonchev–Trinajstić information content (AvgIpc) is 2.81. The van der Waals surface area contributed by atoms with Crippen molar-refractivity contribution in [2.75, 3.05) is 14.2 Å². The molecule has 96 valence electrons. The van der Waals surface area contributed by atoms with E-state index in [2.05, 4.69) is 16.3 Å². The van der Waals surface area contributed by atoms with Crippen molar-refractivity contribution in [1.29, 1.82) is 0 Å². The Morgan fingerprint density at radius 2 is 1.94 bits per heavy atom. The highest BCUT2D eigenvalue weighted by atomic mass is 16.5. The summed E-state index contributed by atoms with van der Waals surface area (Å²) < 4.78 is 10.6. The van der Waals surface area contributed by atoms with Gasteiger partial charge in [-0.05, 0) is 49.6 Å². The Labute approximate surface area is 107 Å². The summed E-state index contributed by atoms with van der Waals surface area (Å²) in [7, 11) is 3.35. The molecule has 1 N–H and O–H groups in total. The molecule has 1 aromatic heterocycles. The van der Waals surface area contributed by atoms with Crippen molar-refractivity contribution in [3.05, 3.63) is 41.2 Å². The number of aromatic nitrogens is 2. The van der Waals surface area contributed by atoms with Crippen LogP contribution in [0.25, 0.3) is 0 Å². The maximum atomic E-state index is 5.35. The number of nitrogens with zero attached hydrogens (tertiary/aromatic N) is 1. The Balaban J connectivity index is 2.11. The topological polar surface area (TPSA) is 47.1 Å². The molecule has 1 aromatic carbocycles. The van der Waals surface area contributed by atoms with E-state index < -0.39 is 0 Å².